The first kappa shape index (κ1) is 14.1. The molecule has 1 aliphatic carbocycles. The molecule has 112 valence electrons. The molecule has 0 bridgehead atoms. The van der Waals surface area contributed by atoms with E-state index in [0.717, 1.165) is 42.2 Å². The van der Waals surface area contributed by atoms with Crippen molar-refractivity contribution in [1.82, 2.24) is 5.32 Å². The molecule has 4 heteroatoms. The van der Waals surface area contributed by atoms with E-state index in [-0.39, 0.29) is 12.0 Å². The molecular formula is C17H21NO3. The Morgan fingerprint density at radius 3 is 2.95 bits per heavy atom. The van der Waals surface area contributed by atoms with Gasteiger partial charge in [-0.25, -0.2) is 0 Å². The van der Waals surface area contributed by atoms with Gasteiger partial charge in [-0.2, -0.15) is 0 Å². The van der Waals surface area contributed by atoms with Crippen molar-refractivity contribution < 1.29 is 14.3 Å². The van der Waals surface area contributed by atoms with Crippen LogP contribution in [-0.4, -0.2) is 23.7 Å². The first-order valence-corrected chi connectivity index (χ1v) is 7.59. The van der Waals surface area contributed by atoms with Gasteiger partial charge in [-0.05, 0) is 38.2 Å². The summed E-state index contributed by atoms with van der Waals surface area (Å²) in [7, 11) is 0. The fourth-order valence-electron chi connectivity index (χ4n) is 3.16. The first-order chi connectivity index (χ1) is 10.1. The number of hydrogen-bond acceptors (Lipinski definition) is 3. The first-order valence-electron chi connectivity index (χ1n) is 7.59. The van der Waals surface area contributed by atoms with Crippen molar-refractivity contribution in [2.24, 2.45) is 5.92 Å². The van der Waals surface area contributed by atoms with Gasteiger partial charge in [0.2, 0.25) is 0 Å². The van der Waals surface area contributed by atoms with E-state index in [1.807, 2.05) is 31.2 Å². The highest BCUT2D eigenvalue weighted by atomic mass is 16.3. The van der Waals surface area contributed by atoms with Gasteiger partial charge >= 0.3 is 0 Å². The van der Waals surface area contributed by atoms with Crippen molar-refractivity contribution in [3.8, 4) is 0 Å². The number of carbonyl (C=O) groups excluding carboxylic acids is 1. The molecule has 2 atom stereocenters. The predicted octanol–water partition coefficient (Wildman–Crippen LogP) is 3.02. The fourth-order valence-corrected chi connectivity index (χ4v) is 3.16. The van der Waals surface area contributed by atoms with Crippen LogP contribution in [0.15, 0.2) is 28.7 Å². The van der Waals surface area contributed by atoms with E-state index in [1.54, 1.807) is 0 Å². The lowest BCUT2D eigenvalue weighted by Crippen LogP contribution is -2.33. The molecule has 1 saturated carbocycles. The standard InChI is InChI=1S/C17H21NO3/c1-11-14-7-2-3-8-15(14)21-16(11)17(20)18-10-12-5-4-6-13(19)9-12/h2-3,7-8,12-13,19H,4-6,9-10H2,1H3,(H,18,20). The van der Waals surface area contributed by atoms with Crippen LogP contribution in [0.25, 0.3) is 11.0 Å². The average Bonchev–Trinajstić information content (AvgIpc) is 2.83. The molecule has 1 heterocycles. The Balaban J connectivity index is 1.68. The topological polar surface area (TPSA) is 62.5 Å². The number of amides is 1. The third-order valence-corrected chi connectivity index (χ3v) is 4.36. The van der Waals surface area contributed by atoms with Crippen LogP contribution < -0.4 is 5.32 Å². The van der Waals surface area contributed by atoms with E-state index in [9.17, 15) is 9.90 Å². The van der Waals surface area contributed by atoms with Gasteiger partial charge < -0.3 is 14.8 Å². The van der Waals surface area contributed by atoms with E-state index >= 15 is 0 Å². The zero-order valence-electron chi connectivity index (χ0n) is 12.3. The summed E-state index contributed by atoms with van der Waals surface area (Å²) >= 11 is 0. The summed E-state index contributed by atoms with van der Waals surface area (Å²) in [5.74, 6) is 0.596. The SMILES string of the molecule is Cc1c(C(=O)NCC2CCCC(O)C2)oc2ccccc12. The Morgan fingerprint density at radius 2 is 2.19 bits per heavy atom. The highest BCUT2D eigenvalue weighted by molar-refractivity contribution is 5.98. The summed E-state index contributed by atoms with van der Waals surface area (Å²) < 4.78 is 5.66. The molecule has 2 N–H and O–H groups in total. The average molecular weight is 287 g/mol. The van der Waals surface area contributed by atoms with Crippen molar-refractivity contribution in [3.63, 3.8) is 0 Å². The maximum atomic E-state index is 12.3. The number of rotatable bonds is 3. The largest absolute Gasteiger partial charge is 0.451 e. The molecule has 3 rings (SSSR count). The maximum Gasteiger partial charge on any atom is 0.287 e. The minimum Gasteiger partial charge on any atom is -0.451 e. The van der Waals surface area contributed by atoms with Gasteiger partial charge in [0.1, 0.15) is 5.58 Å². The number of para-hydroxylation sites is 1. The smallest absolute Gasteiger partial charge is 0.287 e. The second kappa shape index (κ2) is 5.90. The highest BCUT2D eigenvalue weighted by Crippen LogP contribution is 2.26. The van der Waals surface area contributed by atoms with Crippen LogP contribution in [0.5, 0.6) is 0 Å². The molecule has 1 amide bonds. The molecule has 21 heavy (non-hydrogen) atoms. The van der Waals surface area contributed by atoms with E-state index < -0.39 is 0 Å². The number of aryl methyl sites for hydroxylation is 1. The third-order valence-electron chi connectivity index (χ3n) is 4.36. The Labute approximate surface area is 124 Å². The molecule has 1 aliphatic rings. The van der Waals surface area contributed by atoms with Gasteiger partial charge in [-0.3, -0.25) is 4.79 Å². The Kier molecular flexibility index (Phi) is 3.97. The van der Waals surface area contributed by atoms with Crippen LogP contribution >= 0.6 is 0 Å². The predicted molar refractivity (Wildman–Crippen MR) is 81.2 cm³/mol. The second-order valence-electron chi connectivity index (χ2n) is 5.95. The number of aliphatic hydroxyl groups is 1. The lowest BCUT2D eigenvalue weighted by molar-refractivity contribution is 0.0854. The van der Waals surface area contributed by atoms with Gasteiger partial charge in [-0.1, -0.05) is 24.6 Å². The number of furan rings is 1. The van der Waals surface area contributed by atoms with Crippen molar-refractivity contribution in [3.05, 3.63) is 35.6 Å². The summed E-state index contributed by atoms with van der Waals surface area (Å²) in [5, 5.41) is 13.6. The van der Waals surface area contributed by atoms with Gasteiger partial charge in [0.15, 0.2) is 5.76 Å². The second-order valence-corrected chi connectivity index (χ2v) is 5.95. The molecule has 2 unspecified atom stereocenters. The van der Waals surface area contributed by atoms with E-state index in [2.05, 4.69) is 5.32 Å². The highest BCUT2D eigenvalue weighted by Gasteiger charge is 2.22. The van der Waals surface area contributed by atoms with Crippen LogP contribution in [0.4, 0.5) is 0 Å². The van der Waals surface area contributed by atoms with E-state index in [1.165, 1.54) is 0 Å². The summed E-state index contributed by atoms with van der Waals surface area (Å²) in [4.78, 5) is 12.3. The van der Waals surface area contributed by atoms with Crippen molar-refractivity contribution in [2.45, 2.75) is 38.7 Å². The molecule has 0 aliphatic heterocycles. The fraction of sp³-hybridized carbons (Fsp3) is 0.471. The summed E-state index contributed by atoms with van der Waals surface area (Å²) in [6.45, 7) is 2.51. The lowest BCUT2D eigenvalue weighted by atomic mass is 9.87. The molecule has 1 fully saturated rings. The molecule has 1 aromatic heterocycles. The molecule has 2 aromatic rings. The van der Waals surface area contributed by atoms with Gasteiger partial charge in [0, 0.05) is 17.5 Å². The van der Waals surface area contributed by atoms with Crippen molar-refractivity contribution in [2.75, 3.05) is 6.54 Å². The summed E-state index contributed by atoms with van der Waals surface area (Å²) in [5.41, 5.74) is 1.63. The van der Waals surface area contributed by atoms with Gasteiger partial charge in [0.25, 0.3) is 5.91 Å². The monoisotopic (exact) mass is 287 g/mol. The number of hydrogen-bond donors (Lipinski definition) is 2. The van der Waals surface area contributed by atoms with Crippen LogP contribution in [0, 0.1) is 12.8 Å². The zero-order chi connectivity index (χ0) is 14.8. The third kappa shape index (κ3) is 2.95. The number of nitrogens with one attached hydrogen (secondary N) is 1. The molecule has 0 saturated heterocycles. The molecule has 1 aromatic carbocycles. The number of aliphatic hydroxyl groups excluding tert-OH is 1. The normalized spacial score (nSPS) is 22.4. The van der Waals surface area contributed by atoms with Crippen LogP contribution in [0.2, 0.25) is 0 Å². The quantitative estimate of drug-likeness (QED) is 0.912. The van der Waals surface area contributed by atoms with Crippen molar-refractivity contribution >= 4 is 16.9 Å². The van der Waals surface area contributed by atoms with Gasteiger partial charge in [-0.15, -0.1) is 0 Å². The van der Waals surface area contributed by atoms with Gasteiger partial charge in [0.05, 0.1) is 6.10 Å². The summed E-state index contributed by atoms with van der Waals surface area (Å²) in [6.07, 6.45) is 3.54. The van der Waals surface area contributed by atoms with Crippen LogP contribution in [0.3, 0.4) is 0 Å². The Morgan fingerprint density at radius 1 is 1.38 bits per heavy atom. The Bertz CT molecular complexity index is 647. The van der Waals surface area contributed by atoms with E-state index in [0.29, 0.717) is 18.2 Å². The molecular weight excluding hydrogens is 266 g/mol. The van der Waals surface area contributed by atoms with Crippen LogP contribution in [0.1, 0.15) is 41.8 Å². The number of fused-ring (bicyclic) bond motifs is 1. The minimum atomic E-state index is -0.214. The molecule has 0 spiro atoms. The number of benzene rings is 1. The Hall–Kier alpha value is -1.81. The van der Waals surface area contributed by atoms with Crippen molar-refractivity contribution in [1.29, 1.82) is 0 Å². The van der Waals surface area contributed by atoms with E-state index in [4.69, 9.17) is 4.42 Å². The lowest BCUT2D eigenvalue weighted by Gasteiger charge is -2.25. The molecule has 4 nitrogen and oxygen atoms in total. The zero-order valence-corrected chi connectivity index (χ0v) is 12.3. The summed E-state index contributed by atoms with van der Waals surface area (Å²) in [6, 6.07) is 7.67. The van der Waals surface area contributed by atoms with Crippen LogP contribution in [-0.2, 0) is 0 Å². The maximum absolute atomic E-state index is 12.3. The minimum absolute atomic E-state index is 0.163. The molecule has 0 radical (unpaired) electrons. The number of carbonyl (C=O) groups is 1.